The topological polar surface area (TPSA) is 59.1 Å². The zero-order valence-corrected chi connectivity index (χ0v) is 10.9. The highest BCUT2D eigenvalue weighted by atomic mass is 32.2. The molecule has 0 bridgehead atoms. The number of nitrogens with zero attached hydrogens (tertiary/aromatic N) is 1. The number of rotatable bonds is 5. The van der Waals surface area contributed by atoms with Gasteiger partial charge in [-0.25, -0.2) is 17.5 Å². The van der Waals surface area contributed by atoms with Gasteiger partial charge in [-0.2, -0.15) is 0 Å². The average molecular weight is 280 g/mol. The standard InChI is InChI=1S/C13H13FN2O2S/c14-13-3-1-12(2-4-13)10-19(17,18)16-9-11-5-7-15-8-6-11/h1-8,16H,9-10H2. The highest BCUT2D eigenvalue weighted by Gasteiger charge is 2.11. The first kappa shape index (κ1) is 13.6. The number of nitrogens with one attached hydrogen (secondary N) is 1. The first-order valence-corrected chi connectivity index (χ1v) is 7.31. The van der Waals surface area contributed by atoms with Crippen LogP contribution in [0.4, 0.5) is 4.39 Å². The molecule has 1 aromatic carbocycles. The molecular formula is C13H13FN2O2S. The lowest BCUT2D eigenvalue weighted by molar-refractivity contribution is 0.580. The summed E-state index contributed by atoms with van der Waals surface area (Å²) in [6.07, 6.45) is 3.20. The van der Waals surface area contributed by atoms with Crippen LogP contribution in [0.25, 0.3) is 0 Å². The molecule has 1 heterocycles. The lowest BCUT2D eigenvalue weighted by atomic mass is 10.2. The summed E-state index contributed by atoms with van der Waals surface area (Å²) in [4.78, 5) is 3.85. The molecule has 0 saturated heterocycles. The first-order valence-electron chi connectivity index (χ1n) is 5.66. The number of sulfonamides is 1. The number of hydrogen-bond donors (Lipinski definition) is 1. The fourth-order valence-corrected chi connectivity index (χ4v) is 2.66. The SMILES string of the molecule is O=S(=O)(Cc1ccc(F)cc1)NCc1ccncc1. The molecule has 0 saturated carbocycles. The molecule has 4 nitrogen and oxygen atoms in total. The minimum atomic E-state index is -3.44. The highest BCUT2D eigenvalue weighted by Crippen LogP contribution is 2.07. The van der Waals surface area contributed by atoms with E-state index in [0.29, 0.717) is 5.56 Å². The molecule has 1 aromatic heterocycles. The van der Waals surface area contributed by atoms with Crippen LogP contribution in [0.2, 0.25) is 0 Å². The monoisotopic (exact) mass is 280 g/mol. The lowest BCUT2D eigenvalue weighted by Crippen LogP contribution is -2.24. The minimum Gasteiger partial charge on any atom is -0.265 e. The van der Waals surface area contributed by atoms with Gasteiger partial charge in [0.2, 0.25) is 10.0 Å². The van der Waals surface area contributed by atoms with Crippen molar-refractivity contribution in [3.05, 3.63) is 65.7 Å². The van der Waals surface area contributed by atoms with Gasteiger partial charge in [0.15, 0.2) is 0 Å². The van der Waals surface area contributed by atoms with Crippen molar-refractivity contribution in [2.75, 3.05) is 0 Å². The molecule has 0 aliphatic heterocycles. The van der Waals surface area contributed by atoms with E-state index >= 15 is 0 Å². The Morgan fingerprint density at radius 3 is 2.26 bits per heavy atom. The lowest BCUT2D eigenvalue weighted by Gasteiger charge is -2.06. The Morgan fingerprint density at radius 1 is 1.00 bits per heavy atom. The van der Waals surface area contributed by atoms with Crippen LogP contribution in [0, 0.1) is 5.82 Å². The van der Waals surface area contributed by atoms with Crippen LogP contribution in [0.1, 0.15) is 11.1 Å². The maximum atomic E-state index is 12.7. The number of aromatic nitrogens is 1. The van der Waals surface area contributed by atoms with Crippen molar-refractivity contribution in [2.24, 2.45) is 0 Å². The molecule has 0 aliphatic carbocycles. The quantitative estimate of drug-likeness (QED) is 0.909. The zero-order chi connectivity index (χ0) is 13.7. The largest absolute Gasteiger partial charge is 0.265 e. The van der Waals surface area contributed by atoms with Crippen LogP contribution in [-0.4, -0.2) is 13.4 Å². The molecule has 2 aromatic rings. The molecule has 1 N–H and O–H groups in total. The van der Waals surface area contributed by atoms with Crippen LogP contribution < -0.4 is 4.72 Å². The van der Waals surface area contributed by atoms with Crippen LogP contribution >= 0.6 is 0 Å². The minimum absolute atomic E-state index is 0.168. The Hall–Kier alpha value is -1.79. The maximum Gasteiger partial charge on any atom is 0.216 e. The van der Waals surface area contributed by atoms with E-state index in [1.807, 2.05) is 0 Å². The third kappa shape index (κ3) is 4.42. The summed E-state index contributed by atoms with van der Waals surface area (Å²) >= 11 is 0. The molecule has 100 valence electrons. The maximum absolute atomic E-state index is 12.7. The molecule has 0 unspecified atom stereocenters. The fourth-order valence-electron chi connectivity index (χ4n) is 1.55. The molecule has 0 aliphatic rings. The third-order valence-corrected chi connectivity index (χ3v) is 3.81. The summed E-state index contributed by atoms with van der Waals surface area (Å²) in [5.41, 5.74) is 1.38. The third-order valence-electron chi connectivity index (χ3n) is 2.52. The van der Waals surface area contributed by atoms with Crippen molar-refractivity contribution in [3.63, 3.8) is 0 Å². The van der Waals surface area contributed by atoms with Gasteiger partial charge in [-0.05, 0) is 35.4 Å². The van der Waals surface area contributed by atoms with Gasteiger partial charge >= 0.3 is 0 Å². The molecule has 6 heteroatoms. The van der Waals surface area contributed by atoms with E-state index in [4.69, 9.17) is 0 Å². The smallest absolute Gasteiger partial charge is 0.216 e. The summed E-state index contributed by atoms with van der Waals surface area (Å²) in [5, 5.41) is 0. The van der Waals surface area contributed by atoms with E-state index in [9.17, 15) is 12.8 Å². The second-order valence-corrected chi connectivity index (χ2v) is 5.87. The Labute approximate surface area is 111 Å². The number of benzene rings is 1. The molecule has 2 rings (SSSR count). The zero-order valence-electron chi connectivity index (χ0n) is 10.1. The average Bonchev–Trinajstić information content (AvgIpc) is 2.40. The van der Waals surface area contributed by atoms with Crippen LogP contribution in [0.3, 0.4) is 0 Å². The van der Waals surface area contributed by atoms with Gasteiger partial charge in [0.25, 0.3) is 0 Å². The number of hydrogen-bond acceptors (Lipinski definition) is 3. The van der Waals surface area contributed by atoms with Gasteiger partial charge in [-0.1, -0.05) is 12.1 Å². The molecule has 19 heavy (non-hydrogen) atoms. The van der Waals surface area contributed by atoms with Crippen molar-refractivity contribution in [2.45, 2.75) is 12.3 Å². The van der Waals surface area contributed by atoms with Crippen LogP contribution in [0.15, 0.2) is 48.8 Å². The predicted octanol–water partition coefficient (Wildman–Crippen LogP) is 1.84. The normalized spacial score (nSPS) is 11.4. The Morgan fingerprint density at radius 2 is 1.63 bits per heavy atom. The van der Waals surface area contributed by atoms with Gasteiger partial charge in [0, 0.05) is 18.9 Å². The van der Waals surface area contributed by atoms with E-state index in [-0.39, 0.29) is 18.1 Å². The van der Waals surface area contributed by atoms with Crippen molar-refractivity contribution < 1.29 is 12.8 Å². The Bertz CT molecular complexity index is 627. The first-order chi connectivity index (χ1) is 9.05. The summed E-state index contributed by atoms with van der Waals surface area (Å²) in [6, 6.07) is 8.88. The molecular weight excluding hydrogens is 267 g/mol. The Balaban J connectivity index is 1.97. The van der Waals surface area contributed by atoms with E-state index in [2.05, 4.69) is 9.71 Å². The number of halogens is 1. The summed E-state index contributed by atoms with van der Waals surface area (Å²) in [7, 11) is -3.44. The Kier molecular flexibility index (Phi) is 4.24. The van der Waals surface area contributed by atoms with E-state index in [1.54, 1.807) is 24.5 Å². The van der Waals surface area contributed by atoms with Gasteiger partial charge in [0.05, 0.1) is 5.75 Å². The van der Waals surface area contributed by atoms with Crippen molar-refractivity contribution >= 4 is 10.0 Å². The molecule has 0 fully saturated rings. The predicted molar refractivity (Wildman–Crippen MR) is 70.1 cm³/mol. The molecule has 0 amide bonds. The van der Waals surface area contributed by atoms with E-state index in [0.717, 1.165) is 5.56 Å². The van der Waals surface area contributed by atoms with Crippen LogP contribution in [0.5, 0.6) is 0 Å². The van der Waals surface area contributed by atoms with E-state index in [1.165, 1.54) is 24.3 Å². The molecule has 0 spiro atoms. The van der Waals surface area contributed by atoms with Gasteiger partial charge in [-0.15, -0.1) is 0 Å². The van der Waals surface area contributed by atoms with Crippen molar-refractivity contribution in [1.29, 1.82) is 0 Å². The number of pyridine rings is 1. The van der Waals surface area contributed by atoms with E-state index < -0.39 is 10.0 Å². The van der Waals surface area contributed by atoms with Gasteiger partial charge in [0.1, 0.15) is 5.82 Å². The second kappa shape index (κ2) is 5.90. The van der Waals surface area contributed by atoms with Crippen molar-refractivity contribution in [3.8, 4) is 0 Å². The molecule has 0 radical (unpaired) electrons. The fraction of sp³-hybridized carbons (Fsp3) is 0.154. The summed E-state index contributed by atoms with van der Waals surface area (Å²) in [6.45, 7) is 0.214. The summed E-state index contributed by atoms with van der Waals surface area (Å²) < 4.78 is 38.9. The summed E-state index contributed by atoms with van der Waals surface area (Å²) in [5.74, 6) is -0.552. The van der Waals surface area contributed by atoms with Gasteiger partial charge < -0.3 is 0 Å². The van der Waals surface area contributed by atoms with Crippen molar-refractivity contribution in [1.82, 2.24) is 9.71 Å². The van der Waals surface area contributed by atoms with Gasteiger partial charge in [-0.3, -0.25) is 4.98 Å². The van der Waals surface area contributed by atoms with Crippen LogP contribution in [-0.2, 0) is 22.3 Å². The second-order valence-electron chi connectivity index (χ2n) is 4.06. The highest BCUT2D eigenvalue weighted by molar-refractivity contribution is 7.88. The molecule has 0 atom stereocenters.